The highest BCUT2D eigenvalue weighted by Crippen LogP contribution is 2.18. The summed E-state index contributed by atoms with van der Waals surface area (Å²) in [6.07, 6.45) is -4.92. The van der Waals surface area contributed by atoms with Gasteiger partial charge in [-0.15, -0.1) is 0 Å². The summed E-state index contributed by atoms with van der Waals surface area (Å²) < 4.78 is 70.5. The van der Waals surface area contributed by atoms with Crippen molar-refractivity contribution in [2.45, 2.75) is 18.0 Å². The third kappa shape index (κ3) is 9.07. The van der Waals surface area contributed by atoms with Gasteiger partial charge in [-0.3, -0.25) is 4.79 Å². The van der Waals surface area contributed by atoms with Gasteiger partial charge in [0, 0.05) is 6.54 Å². The highest BCUT2D eigenvalue weighted by molar-refractivity contribution is 7.91. The molecule has 2 N–H and O–H groups in total. The number of phenols is 1. The number of carbonyl (C=O) groups excluding carboxylic acids is 1. The first-order valence-corrected chi connectivity index (χ1v) is 9.70. The molecule has 11 heteroatoms. The van der Waals surface area contributed by atoms with Gasteiger partial charge in [0.05, 0.1) is 37.1 Å². The lowest BCUT2D eigenvalue weighted by Gasteiger charge is -2.13. The van der Waals surface area contributed by atoms with Crippen LogP contribution in [-0.4, -0.2) is 64.3 Å². The Bertz CT molecular complexity index is 691. The van der Waals surface area contributed by atoms with E-state index in [0.29, 0.717) is 0 Å². The Labute approximate surface area is 155 Å². The fourth-order valence-corrected chi connectivity index (χ4v) is 3.60. The normalized spacial score (nSPS) is 13.3. The van der Waals surface area contributed by atoms with Crippen LogP contribution in [-0.2, 0) is 24.1 Å². The predicted molar refractivity (Wildman–Crippen MR) is 90.0 cm³/mol. The van der Waals surface area contributed by atoms with E-state index in [4.69, 9.17) is 9.47 Å². The van der Waals surface area contributed by atoms with Gasteiger partial charge in [0.25, 0.3) is 0 Å². The SMILES string of the molecule is C[C@@H](COCCOCCNC(=O)C(F)(F)F)CS(=O)(=O)c1ccc(O)cc1. The average Bonchev–Trinajstić information content (AvgIpc) is 2.56. The topological polar surface area (TPSA) is 102 Å². The average molecular weight is 413 g/mol. The molecule has 27 heavy (non-hydrogen) atoms. The van der Waals surface area contributed by atoms with Gasteiger partial charge in [-0.1, -0.05) is 6.92 Å². The van der Waals surface area contributed by atoms with Crippen molar-refractivity contribution in [1.82, 2.24) is 5.32 Å². The largest absolute Gasteiger partial charge is 0.508 e. The lowest BCUT2D eigenvalue weighted by Crippen LogP contribution is -2.38. The second-order valence-electron chi connectivity index (χ2n) is 5.82. The maximum absolute atomic E-state index is 12.2. The molecule has 0 aliphatic heterocycles. The third-order valence-corrected chi connectivity index (χ3v) is 5.26. The number of ether oxygens (including phenoxy) is 2. The van der Waals surface area contributed by atoms with Gasteiger partial charge in [-0.25, -0.2) is 8.42 Å². The molecule has 7 nitrogen and oxygen atoms in total. The van der Waals surface area contributed by atoms with E-state index in [0.717, 1.165) is 0 Å². The molecular weight excluding hydrogens is 391 g/mol. The van der Waals surface area contributed by atoms with Gasteiger partial charge in [-0.2, -0.15) is 13.2 Å². The quantitative estimate of drug-likeness (QED) is 0.534. The number of hydrogen-bond donors (Lipinski definition) is 2. The van der Waals surface area contributed by atoms with Gasteiger partial charge in [0.1, 0.15) is 5.75 Å². The minimum Gasteiger partial charge on any atom is -0.508 e. The lowest BCUT2D eigenvalue weighted by molar-refractivity contribution is -0.173. The molecule has 0 unspecified atom stereocenters. The van der Waals surface area contributed by atoms with Crippen LogP contribution in [0.2, 0.25) is 0 Å². The standard InChI is InChI=1S/C16H22F3NO6S/c1-12(11-27(23,24)14-4-2-13(21)3-5-14)10-26-9-8-25-7-6-20-15(22)16(17,18)19/h2-5,12,21H,6-11H2,1H3,(H,20,22)/t12-/m0/s1. The number of halogens is 3. The summed E-state index contributed by atoms with van der Waals surface area (Å²) in [5.41, 5.74) is 0. The van der Waals surface area contributed by atoms with Crippen LogP contribution in [0.1, 0.15) is 6.92 Å². The Kier molecular flexibility index (Phi) is 9.00. The number of aromatic hydroxyl groups is 1. The van der Waals surface area contributed by atoms with Crippen molar-refractivity contribution in [2.75, 3.05) is 38.7 Å². The zero-order chi connectivity index (χ0) is 20.5. The highest BCUT2D eigenvalue weighted by Gasteiger charge is 2.38. The van der Waals surface area contributed by atoms with Crippen LogP contribution in [0, 0.1) is 5.92 Å². The molecule has 0 saturated carbocycles. The number of nitrogens with one attached hydrogen (secondary N) is 1. The van der Waals surface area contributed by atoms with Gasteiger partial charge in [0.15, 0.2) is 9.84 Å². The zero-order valence-corrected chi connectivity index (χ0v) is 15.5. The van der Waals surface area contributed by atoms with Crippen molar-refractivity contribution < 1.29 is 41.0 Å². The molecule has 1 aromatic carbocycles. The van der Waals surface area contributed by atoms with E-state index in [1.54, 1.807) is 12.2 Å². The summed E-state index contributed by atoms with van der Waals surface area (Å²) in [7, 11) is -3.51. The molecule has 0 aliphatic carbocycles. The maximum atomic E-state index is 12.2. The third-order valence-electron chi connectivity index (χ3n) is 3.26. The van der Waals surface area contributed by atoms with E-state index in [1.165, 1.54) is 24.3 Å². The van der Waals surface area contributed by atoms with Crippen molar-refractivity contribution in [2.24, 2.45) is 5.92 Å². The molecule has 0 saturated heterocycles. The first-order valence-electron chi connectivity index (χ1n) is 8.04. The number of amides is 1. The zero-order valence-electron chi connectivity index (χ0n) is 14.7. The maximum Gasteiger partial charge on any atom is 0.471 e. The van der Waals surface area contributed by atoms with Crippen molar-refractivity contribution in [3.63, 3.8) is 0 Å². The number of hydrogen-bond acceptors (Lipinski definition) is 6. The van der Waals surface area contributed by atoms with E-state index in [9.17, 15) is 31.5 Å². The minimum atomic E-state index is -4.92. The number of alkyl halides is 3. The molecule has 0 bridgehead atoms. The van der Waals surface area contributed by atoms with E-state index in [1.807, 2.05) is 0 Å². The van der Waals surface area contributed by atoms with Crippen LogP contribution in [0.4, 0.5) is 13.2 Å². The Hall–Kier alpha value is -1.85. The van der Waals surface area contributed by atoms with Crippen molar-refractivity contribution >= 4 is 15.7 Å². The Morgan fingerprint density at radius 1 is 1.15 bits per heavy atom. The lowest BCUT2D eigenvalue weighted by atomic mass is 10.2. The molecule has 0 spiro atoms. The highest BCUT2D eigenvalue weighted by atomic mass is 32.2. The summed E-state index contributed by atoms with van der Waals surface area (Å²) in [5, 5.41) is 10.9. The molecular formula is C16H22F3NO6S. The predicted octanol–water partition coefficient (Wildman–Crippen LogP) is 1.51. The number of phenolic OH excluding ortho intramolecular Hbond substituents is 1. The monoisotopic (exact) mass is 413 g/mol. The summed E-state index contributed by atoms with van der Waals surface area (Å²) >= 11 is 0. The van der Waals surface area contributed by atoms with Gasteiger partial charge < -0.3 is 19.9 Å². The number of carbonyl (C=O) groups is 1. The second kappa shape index (κ2) is 10.5. The Morgan fingerprint density at radius 3 is 2.33 bits per heavy atom. The number of benzene rings is 1. The van der Waals surface area contributed by atoms with Crippen molar-refractivity contribution in [1.29, 1.82) is 0 Å². The van der Waals surface area contributed by atoms with Crippen molar-refractivity contribution in [3.8, 4) is 5.75 Å². The van der Waals surface area contributed by atoms with Crippen LogP contribution in [0.3, 0.4) is 0 Å². The molecule has 0 aliphatic rings. The molecule has 0 fully saturated rings. The second-order valence-corrected chi connectivity index (χ2v) is 7.86. The minimum absolute atomic E-state index is 0.0247. The van der Waals surface area contributed by atoms with Crippen LogP contribution in [0.5, 0.6) is 5.75 Å². The van der Waals surface area contributed by atoms with Gasteiger partial charge in [0.2, 0.25) is 0 Å². The molecule has 0 radical (unpaired) electrons. The Morgan fingerprint density at radius 2 is 1.74 bits per heavy atom. The number of rotatable bonds is 11. The fourth-order valence-electron chi connectivity index (χ4n) is 2.01. The molecule has 1 atom stereocenters. The molecule has 154 valence electrons. The van der Waals surface area contributed by atoms with Gasteiger partial charge >= 0.3 is 12.1 Å². The van der Waals surface area contributed by atoms with Crippen LogP contribution in [0.25, 0.3) is 0 Å². The van der Waals surface area contributed by atoms with E-state index in [-0.39, 0.29) is 55.3 Å². The smallest absolute Gasteiger partial charge is 0.471 e. The first-order chi connectivity index (χ1) is 12.5. The van der Waals surface area contributed by atoms with Crippen LogP contribution >= 0.6 is 0 Å². The van der Waals surface area contributed by atoms with E-state index < -0.39 is 21.9 Å². The molecule has 0 aromatic heterocycles. The summed E-state index contributed by atoms with van der Waals surface area (Å²) in [6.45, 7) is 1.71. The van der Waals surface area contributed by atoms with Gasteiger partial charge in [-0.05, 0) is 30.2 Å². The fraction of sp³-hybridized carbons (Fsp3) is 0.562. The van der Waals surface area contributed by atoms with E-state index >= 15 is 0 Å². The Balaban J connectivity index is 2.16. The molecule has 1 amide bonds. The van der Waals surface area contributed by atoms with Crippen LogP contribution < -0.4 is 5.32 Å². The van der Waals surface area contributed by atoms with Crippen LogP contribution in [0.15, 0.2) is 29.2 Å². The van der Waals surface area contributed by atoms with E-state index in [2.05, 4.69) is 0 Å². The molecule has 0 heterocycles. The summed E-state index contributed by atoms with van der Waals surface area (Å²) in [4.78, 5) is 10.6. The first kappa shape index (κ1) is 23.2. The summed E-state index contributed by atoms with van der Waals surface area (Å²) in [5.74, 6) is -2.48. The summed E-state index contributed by atoms with van der Waals surface area (Å²) in [6, 6.07) is 5.23. The molecule has 1 aromatic rings. The number of sulfone groups is 1. The molecule has 1 rings (SSSR count). The van der Waals surface area contributed by atoms with Crippen molar-refractivity contribution in [3.05, 3.63) is 24.3 Å².